The zero-order valence-corrected chi connectivity index (χ0v) is 14.8. The number of phenols is 1. The van der Waals surface area contributed by atoms with E-state index in [0.29, 0.717) is 0 Å². The summed E-state index contributed by atoms with van der Waals surface area (Å²) in [5.74, 6) is 0.0204. The minimum Gasteiger partial charge on any atom is -0.505 e. The highest BCUT2D eigenvalue weighted by atomic mass is 35.5. The molecule has 1 N–H and O–H groups in total. The second-order valence-electron chi connectivity index (χ2n) is 6.93. The lowest BCUT2D eigenvalue weighted by Crippen LogP contribution is -2.26. The number of hydrogen-bond donors (Lipinski definition) is 1. The van der Waals surface area contributed by atoms with Gasteiger partial charge in [0.05, 0.1) is 4.87 Å². The van der Waals surface area contributed by atoms with Crippen LogP contribution in [0.5, 0.6) is 5.75 Å². The van der Waals surface area contributed by atoms with Gasteiger partial charge in [-0.25, -0.2) is 0 Å². The van der Waals surface area contributed by atoms with Crippen LogP contribution in [0.4, 0.5) is 5.69 Å². The van der Waals surface area contributed by atoms with Crippen molar-refractivity contribution in [3.05, 3.63) is 57.8 Å². The molecule has 2 atom stereocenters. The smallest absolute Gasteiger partial charge is 0.274 e. The van der Waals surface area contributed by atoms with Gasteiger partial charge in [-0.05, 0) is 30.6 Å². The summed E-state index contributed by atoms with van der Waals surface area (Å²) in [6.07, 6.45) is 4.45. The third-order valence-corrected chi connectivity index (χ3v) is 3.90. The molecule has 0 saturated carbocycles. The molecule has 0 saturated heterocycles. The van der Waals surface area contributed by atoms with Crippen molar-refractivity contribution >= 4 is 17.3 Å². The van der Waals surface area contributed by atoms with Gasteiger partial charge in [0, 0.05) is 10.5 Å². The molecule has 0 amide bonds. The van der Waals surface area contributed by atoms with Crippen molar-refractivity contribution in [2.45, 2.75) is 44.0 Å². The molecule has 1 aliphatic carbocycles. The quantitative estimate of drug-likeness (QED) is 0.277. The van der Waals surface area contributed by atoms with Crippen molar-refractivity contribution in [1.82, 2.24) is 0 Å². The fourth-order valence-electron chi connectivity index (χ4n) is 2.40. The van der Waals surface area contributed by atoms with E-state index in [1.54, 1.807) is 25.1 Å². The van der Waals surface area contributed by atoms with Gasteiger partial charge in [-0.2, -0.15) is 0 Å². The SMILES string of the molecule is CC1(Cl)C=CC([N+](=O)[O-])C(/N=N/c2cccc(C(C)(C)C)c2O)=C1. The number of nitrogens with zero attached hydrogens (tertiary/aromatic N) is 3. The molecule has 7 heteroatoms. The molecular weight excluding hydrogens is 330 g/mol. The van der Waals surface area contributed by atoms with E-state index in [4.69, 9.17) is 11.6 Å². The number of alkyl halides is 1. The number of para-hydroxylation sites is 1. The van der Waals surface area contributed by atoms with E-state index >= 15 is 0 Å². The van der Waals surface area contributed by atoms with Gasteiger partial charge in [-0.1, -0.05) is 39.0 Å². The lowest BCUT2D eigenvalue weighted by molar-refractivity contribution is -0.499. The van der Waals surface area contributed by atoms with Gasteiger partial charge in [0.2, 0.25) is 0 Å². The Morgan fingerprint density at radius 2 is 2.00 bits per heavy atom. The molecule has 0 bridgehead atoms. The Kier molecular flexibility index (Phi) is 4.80. The fraction of sp³-hybridized carbons (Fsp3) is 0.412. The first kappa shape index (κ1) is 18.1. The summed E-state index contributed by atoms with van der Waals surface area (Å²) in [6.45, 7) is 7.62. The third kappa shape index (κ3) is 4.00. The maximum atomic E-state index is 11.2. The van der Waals surface area contributed by atoms with E-state index < -0.39 is 15.8 Å². The Morgan fingerprint density at radius 3 is 2.58 bits per heavy atom. The first-order chi connectivity index (χ1) is 11.0. The Balaban J connectivity index is 2.40. The first-order valence-electron chi connectivity index (χ1n) is 7.50. The van der Waals surface area contributed by atoms with Gasteiger partial charge in [0.15, 0.2) is 0 Å². The molecule has 0 spiro atoms. The van der Waals surface area contributed by atoms with Gasteiger partial charge in [0.25, 0.3) is 6.04 Å². The van der Waals surface area contributed by atoms with Crippen molar-refractivity contribution in [2.24, 2.45) is 10.2 Å². The monoisotopic (exact) mass is 349 g/mol. The van der Waals surface area contributed by atoms with Crippen molar-refractivity contribution in [2.75, 3.05) is 0 Å². The molecule has 0 fully saturated rings. The molecule has 0 aromatic heterocycles. The van der Waals surface area contributed by atoms with Crippen LogP contribution < -0.4 is 0 Å². The molecular formula is C17H20ClN3O3. The van der Waals surface area contributed by atoms with Crippen molar-refractivity contribution < 1.29 is 10.0 Å². The van der Waals surface area contributed by atoms with E-state index in [9.17, 15) is 15.2 Å². The van der Waals surface area contributed by atoms with Crippen LogP contribution >= 0.6 is 11.6 Å². The summed E-state index contributed by atoms with van der Waals surface area (Å²) in [6, 6.07) is 4.08. The number of aromatic hydroxyl groups is 1. The van der Waals surface area contributed by atoms with Gasteiger partial charge < -0.3 is 5.11 Å². The molecule has 1 aromatic rings. The standard InChI is InChI=1S/C17H20ClN3O3/c1-16(2,3)11-6-5-7-12(15(11)22)19-20-13-10-17(4,18)9-8-14(13)21(23)24/h5-10,14,22H,1-4H3/b20-19+. The Labute approximate surface area is 145 Å². The number of nitro groups is 1. The number of rotatable bonds is 3. The summed E-state index contributed by atoms with van der Waals surface area (Å²) in [5, 5.41) is 29.5. The van der Waals surface area contributed by atoms with Crippen LogP contribution in [0.1, 0.15) is 33.3 Å². The minimum atomic E-state index is -1.10. The molecule has 2 unspecified atom stereocenters. The second kappa shape index (κ2) is 6.36. The minimum absolute atomic E-state index is 0.0204. The van der Waals surface area contributed by atoms with Crippen LogP contribution in [0.25, 0.3) is 0 Å². The van der Waals surface area contributed by atoms with E-state index in [0.717, 1.165) is 5.56 Å². The Morgan fingerprint density at radius 1 is 1.33 bits per heavy atom. The van der Waals surface area contributed by atoms with Crippen LogP contribution in [0.3, 0.4) is 0 Å². The van der Waals surface area contributed by atoms with Crippen molar-refractivity contribution in [3.8, 4) is 5.75 Å². The highest BCUT2D eigenvalue weighted by Crippen LogP contribution is 2.38. The average Bonchev–Trinajstić information content (AvgIpc) is 2.43. The largest absolute Gasteiger partial charge is 0.505 e. The van der Waals surface area contributed by atoms with E-state index in [1.807, 2.05) is 26.8 Å². The number of halogens is 1. The topological polar surface area (TPSA) is 88.1 Å². The molecule has 0 radical (unpaired) electrons. The zero-order valence-electron chi connectivity index (χ0n) is 14.0. The molecule has 24 heavy (non-hydrogen) atoms. The Bertz CT molecular complexity index is 746. The normalized spacial score (nSPS) is 24.2. The lowest BCUT2D eigenvalue weighted by atomic mass is 9.86. The number of azo groups is 1. The summed E-state index contributed by atoms with van der Waals surface area (Å²) < 4.78 is 0. The summed E-state index contributed by atoms with van der Waals surface area (Å²) in [5.41, 5.74) is 0.863. The van der Waals surface area contributed by atoms with Crippen LogP contribution in [-0.4, -0.2) is 20.9 Å². The highest BCUT2D eigenvalue weighted by Gasteiger charge is 2.31. The molecule has 6 nitrogen and oxygen atoms in total. The van der Waals surface area contributed by atoms with Gasteiger partial charge in [0.1, 0.15) is 17.1 Å². The third-order valence-electron chi connectivity index (χ3n) is 3.66. The van der Waals surface area contributed by atoms with Gasteiger partial charge in [-0.3, -0.25) is 10.1 Å². The van der Waals surface area contributed by atoms with Crippen molar-refractivity contribution in [1.29, 1.82) is 0 Å². The maximum absolute atomic E-state index is 11.2. The highest BCUT2D eigenvalue weighted by molar-refractivity contribution is 6.26. The Hall–Kier alpha value is -2.21. The molecule has 0 heterocycles. The second-order valence-corrected chi connectivity index (χ2v) is 7.75. The molecule has 2 rings (SSSR count). The lowest BCUT2D eigenvalue weighted by Gasteiger charge is -2.21. The van der Waals surface area contributed by atoms with E-state index in [1.165, 1.54) is 12.2 Å². The predicted molar refractivity (Wildman–Crippen MR) is 93.6 cm³/mol. The molecule has 0 aliphatic heterocycles. The summed E-state index contributed by atoms with van der Waals surface area (Å²) >= 11 is 6.20. The molecule has 128 valence electrons. The average molecular weight is 350 g/mol. The number of hydrogen-bond acceptors (Lipinski definition) is 5. The van der Waals surface area contributed by atoms with Crippen LogP contribution in [-0.2, 0) is 5.41 Å². The first-order valence-corrected chi connectivity index (χ1v) is 7.88. The summed E-state index contributed by atoms with van der Waals surface area (Å²) in [4.78, 5) is 9.85. The number of benzene rings is 1. The van der Waals surface area contributed by atoms with Crippen LogP contribution in [0, 0.1) is 10.1 Å². The predicted octanol–water partition coefficient (Wildman–Crippen LogP) is 4.87. The van der Waals surface area contributed by atoms with Crippen molar-refractivity contribution in [3.63, 3.8) is 0 Å². The van der Waals surface area contributed by atoms with E-state index in [-0.39, 0.29) is 22.5 Å². The molecule has 1 aliphatic rings. The maximum Gasteiger partial charge on any atom is 0.274 e. The summed E-state index contributed by atoms with van der Waals surface area (Å²) in [7, 11) is 0. The van der Waals surface area contributed by atoms with E-state index in [2.05, 4.69) is 10.2 Å². The molecule has 1 aromatic carbocycles. The zero-order chi connectivity index (χ0) is 18.1. The van der Waals surface area contributed by atoms with Gasteiger partial charge >= 0.3 is 0 Å². The number of phenolic OH excluding ortho intramolecular Hbond substituents is 1. The van der Waals surface area contributed by atoms with Crippen LogP contribution in [0.2, 0.25) is 0 Å². The fourth-order valence-corrected chi connectivity index (χ4v) is 2.58. The van der Waals surface area contributed by atoms with Gasteiger partial charge in [-0.15, -0.1) is 21.8 Å². The van der Waals surface area contributed by atoms with Crippen LogP contribution in [0.15, 0.2) is 52.4 Å². The number of allylic oxidation sites excluding steroid dienone is 2.